The van der Waals surface area contributed by atoms with Crippen LogP contribution >= 0.6 is 0 Å². The number of benzene rings is 1. The number of carbonyl (C=O) groups excluding carboxylic acids is 1. The quantitative estimate of drug-likeness (QED) is 0.910. The van der Waals surface area contributed by atoms with E-state index in [0.29, 0.717) is 0 Å². The molecule has 0 spiro atoms. The molecule has 0 aliphatic heterocycles. The number of hydrogen-bond acceptors (Lipinski definition) is 2. The van der Waals surface area contributed by atoms with Crippen molar-refractivity contribution in [2.45, 2.75) is 51.0 Å². The number of nitrogens with zero attached hydrogens (tertiary/aromatic N) is 1. The van der Waals surface area contributed by atoms with Crippen molar-refractivity contribution >= 4 is 5.91 Å². The third-order valence-corrected chi connectivity index (χ3v) is 4.02. The SMILES string of the molecule is N#CC(NC(=O)C1CCCCCCC1)c1ccccc1. The maximum Gasteiger partial charge on any atom is 0.224 e. The van der Waals surface area contributed by atoms with Crippen LogP contribution in [0.25, 0.3) is 0 Å². The minimum atomic E-state index is -0.533. The molecule has 3 nitrogen and oxygen atoms in total. The maximum atomic E-state index is 12.3. The van der Waals surface area contributed by atoms with Crippen LogP contribution in [0, 0.1) is 17.2 Å². The zero-order valence-electron chi connectivity index (χ0n) is 11.8. The lowest BCUT2D eigenvalue weighted by atomic mass is 9.90. The summed E-state index contributed by atoms with van der Waals surface area (Å²) >= 11 is 0. The molecule has 1 atom stereocenters. The lowest BCUT2D eigenvalue weighted by Gasteiger charge is -2.21. The Balaban J connectivity index is 1.96. The van der Waals surface area contributed by atoms with Gasteiger partial charge in [0.25, 0.3) is 0 Å². The normalized spacial score (nSPS) is 18.4. The van der Waals surface area contributed by atoms with E-state index < -0.39 is 6.04 Å². The number of carbonyl (C=O) groups is 1. The van der Waals surface area contributed by atoms with Gasteiger partial charge in [0.15, 0.2) is 0 Å². The smallest absolute Gasteiger partial charge is 0.224 e. The second-order valence-electron chi connectivity index (χ2n) is 5.52. The maximum absolute atomic E-state index is 12.3. The molecular formula is C17H22N2O. The predicted octanol–water partition coefficient (Wildman–Crippen LogP) is 3.73. The first-order chi connectivity index (χ1) is 9.81. The molecule has 1 aliphatic rings. The number of nitriles is 1. The molecule has 1 aromatic rings. The molecule has 1 saturated carbocycles. The Morgan fingerprint density at radius 3 is 2.30 bits per heavy atom. The zero-order chi connectivity index (χ0) is 14.2. The minimum absolute atomic E-state index is 0.0438. The molecule has 1 amide bonds. The van der Waals surface area contributed by atoms with E-state index in [1.165, 1.54) is 19.3 Å². The molecule has 2 rings (SSSR count). The second-order valence-corrected chi connectivity index (χ2v) is 5.52. The molecule has 0 aromatic heterocycles. The summed E-state index contributed by atoms with van der Waals surface area (Å²) in [6.07, 6.45) is 7.91. The van der Waals surface area contributed by atoms with Gasteiger partial charge in [0.2, 0.25) is 5.91 Å². The third kappa shape index (κ3) is 4.09. The molecule has 0 saturated heterocycles. The van der Waals surface area contributed by atoms with Crippen LogP contribution in [0.5, 0.6) is 0 Å². The molecule has 1 N–H and O–H groups in total. The molecule has 0 radical (unpaired) electrons. The van der Waals surface area contributed by atoms with Crippen molar-refractivity contribution in [1.82, 2.24) is 5.32 Å². The first kappa shape index (κ1) is 14.6. The minimum Gasteiger partial charge on any atom is -0.336 e. The van der Waals surface area contributed by atoms with Crippen LogP contribution in [0.4, 0.5) is 0 Å². The van der Waals surface area contributed by atoms with Gasteiger partial charge in [0.1, 0.15) is 6.04 Å². The summed E-state index contributed by atoms with van der Waals surface area (Å²) in [7, 11) is 0. The summed E-state index contributed by atoms with van der Waals surface area (Å²) in [5.41, 5.74) is 0.856. The highest BCUT2D eigenvalue weighted by atomic mass is 16.1. The predicted molar refractivity (Wildman–Crippen MR) is 78.7 cm³/mol. The van der Waals surface area contributed by atoms with Crippen molar-refractivity contribution in [2.75, 3.05) is 0 Å². The van der Waals surface area contributed by atoms with Crippen molar-refractivity contribution in [3.05, 3.63) is 35.9 Å². The van der Waals surface area contributed by atoms with Crippen LogP contribution in [0.2, 0.25) is 0 Å². The standard InChI is InChI=1S/C17H22N2O/c18-13-16(14-9-7-4-8-10-14)19-17(20)15-11-5-2-1-3-6-12-15/h4,7-10,15-16H,1-3,5-6,11-12H2,(H,19,20). The number of amides is 1. The summed E-state index contributed by atoms with van der Waals surface area (Å²) in [6, 6.07) is 11.1. The molecule has 1 unspecified atom stereocenters. The van der Waals surface area contributed by atoms with Gasteiger partial charge >= 0.3 is 0 Å². The first-order valence-electron chi connectivity index (χ1n) is 7.56. The van der Waals surface area contributed by atoms with E-state index in [9.17, 15) is 10.1 Å². The van der Waals surface area contributed by atoms with Crippen LogP contribution in [0.15, 0.2) is 30.3 Å². The van der Waals surface area contributed by atoms with Crippen molar-refractivity contribution in [3.8, 4) is 6.07 Å². The highest BCUT2D eigenvalue weighted by Gasteiger charge is 2.22. The topological polar surface area (TPSA) is 52.9 Å². The van der Waals surface area contributed by atoms with Gasteiger partial charge in [0.05, 0.1) is 6.07 Å². The van der Waals surface area contributed by atoms with Gasteiger partial charge in [0, 0.05) is 5.92 Å². The Hall–Kier alpha value is -1.82. The van der Waals surface area contributed by atoms with Crippen LogP contribution in [0.3, 0.4) is 0 Å². The van der Waals surface area contributed by atoms with Crippen molar-refractivity contribution < 1.29 is 4.79 Å². The monoisotopic (exact) mass is 270 g/mol. The van der Waals surface area contributed by atoms with Gasteiger partial charge < -0.3 is 5.32 Å². The molecule has 1 fully saturated rings. The highest BCUT2D eigenvalue weighted by Crippen LogP contribution is 2.23. The Bertz CT molecular complexity index is 456. The number of hydrogen-bond donors (Lipinski definition) is 1. The van der Waals surface area contributed by atoms with Gasteiger partial charge in [-0.15, -0.1) is 0 Å². The van der Waals surface area contributed by atoms with Crippen LogP contribution in [-0.2, 0) is 4.79 Å². The van der Waals surface area contributed by atoms with Crippen molar-refractivity contribution in [2.24, 2.45) is 5.92 Å². The fourth-order valence-corrected chi connectivity index (χ4v) is 2.81. The van der Waals surface area contributed by atoms with Crippen LogP contribution in [0.1, 0.15) is 56.6 Å². The van der Waals surface area contributed by atoms with Crippen LogP contribution < -0.4 is 5.32 Å². The van der Waals surface area contributed by atoms with Crippen molar-refractivity contribution in [3.63, 3.8) is 0 Å². The summed E-state index contributed by atoms with van der Waals surface area (Å²) in [5, 5.41) is 12.2. The molecular weight excluding hydrogens is 248 g/mol. The largest absolute Gasteiger partial charge is 0.336 e. The van der Waals surface area contributed by atoms with E-state index in [1.807, 2.05) is 30.3 Å². The zero-order valence-corrected chi connectivity index (χ0v) is 11.8. The Morgan fingerprint density at radius 1 is 1.10 bits per heavy atom. The van der Waals surface area contributed by atoms with Gasteiger partial charge in [-0.25, -0.2) is 0 Å². The first-order valence-corrected chi connectivity index (χ1v) is 7.56. The summed E-state index contributed by atoms with van der Waals surface area (Å²) in [6.45, 7) is 0. The van der Waals surface area contributed by atoms with Crippen LogP contribution in [-0.4, -0.2) is 5.91 Å². The average molecular weight is 270 g/mol. The van der Waals surface area contributed by atoms with Gasteiger partial charge in [-0.05, 0) is 18.4 Å². The van der Waals surface area contributed by atoms with Crippen molar-refractivity contribution in [1.29, 1.82) is 5.26 Å². The molecule has 3 heteroatoms. The average Bonchev–Trinajstić information content (AvgIpc) is 2.45. The van der Waals surface area contributed by atoms with E-state index >= 15 is 0 Å². The van der Waals surface area contributed by atoms with Gasteiger partial charge in [-0.3, -0.25) is 4.79 Å². The molecule has 0 heterocycles. The second kappa shape index (κ2) is 7.69. The Morgan fingerprint density at radius 2 is 1.70 bits per heavy atom. The third-order valence-electron chi connectivity index (χ3n) is 4.02. The molecule has 106 valence electrons. The molecule has 1 aromatic carbocycles. The number of nitrogens with one attached hydrogen (secondary N) is 1. The Labute approximate surface area is 121 Å². The van der Waals surface area contributed by atoms with Gasteiger partial charge in [-0.2, -0.15) is 5.26 Å². The summed E-state index contributed by atoms with van der Waals surface area (Å²) < 4.78 is 0. The fourth-order valence-electron chi connectivity index (χ4n) is 2.81. The number of rotatable bonds is 3. The summed E-state index contributed by atoms with van der Waals surface area (Å²) in [4.78, 5) is 12.3. The van der Waals surface area contributed by atoms with E-state index in [2.05, 4.69) is 11.4 Å². The van der Waals surface area contributed by atoms with E-state index in [-0.39, 0.29) is 11.8 Å². The highest BCUT2D eigenvalue weighted by molar-refractivity contribution is 5.79. The molecule has 1 aliphatic carbocycles. The Kier molecular flexibility index (Phi) is 5.61. The van der Waals surface area contributed by atoms with Gasteiger partial charge in [-0.1, -0.05) is 62.4 Å². The van der Waals surface area contributed by atoms with E-state index in [0.717, 1.165) is 31.2 Å². The molecule has 0 bridgehead atoms. The van der Waals surface area contributed by atoms with E-state index in [1.54, 1.807) is 0 Å². The van der Waals surface area contributed by atoms with E-state index in [4.69, 9.17) is 0 Å². The summed E-state index contributed by atoms with van der Waals surface area (Å²) in [5.74, 6) is 0.122. The fraction of sp³-hybridized carbons (Fsp3) is 0.529. The lowest BCUT2D eigenvalue weighted by molar-refractivity contribution is -0.126. The lowest BCUT2D eigenvalue weighted by Crippen LogP contribution is -2.33. The molecule has 20 heavy (non-hydrogen) atoms.